The third kappa shape index (κ3) is 10.1. The van der Waals surface area contributed by atoms with Gasteiger partial charge in [-0.1, -0.05) is 32.0 Å². The van der Waals surface area contributed by atoms with Crippen LogP contribution in [-0.4, -0.2) is 53.6 Å². The van der Waals surface area contributed by atoms with Crippen molar-refractivity contribution in [2.45, 2.75) is 64.9 Å². The van der Waals surface area contributed by atoms with E-state index in [9.17, 15) is 41.0 Å². The van der Waals surface area contributed by atoms with Gasteiger partial charge < -0.3 is 20.6 Å². The Morgan fingerprint density at radius 3 is 2.11 bits per heavy atom. The second-order valence-corrected chi connectivity index (χ2v) is 10.9. The Labute approximate surface area is 258 Å². The van der Waals surface area contributed by atoms with E-state index >= 15 is 0 Å². The van der Waals surface area contributed by atoms with Crippen molar-refractivity contribution >= 4 is 11.8 Å². The molecule has 0 saturated heterocycles. The number of aryl methyl sites for hydroxylation is 1. The van der Waals surface area contributed by atoms with Crippen LogP contribution in [0.15, 0.2) is 54.6 Å². The zero-order valence-corrected chi connectivity index (χ0v) is 25.3. The highest BCUT2D eigenvalue weighted by molar-refractivity contribution is 6.00. The minimum atomic E-state index is -4.53. The van der Waals surface area contributed by atoms with E-state index in [0.29, 0.717) is 24.2 Å². The Bertz CT molecular complexity index is 1450. The molecule has 0 unspecified atom stereocenters. The van der Waals surface area contributed by atoms with Crippen molar-refractivity contribution in [1.29, 1.82) is 0 Å². The number of carbonyl (C=O) groups excluding carboxylic acids is 2. The quantitative estimate of drug-likeness (QED) is 0.146. The molecule has 3 rings (SSSR count). The maximum Gasteiger partial charge on any atom is 0.416 e. The van der Waals surface area contributed by atoms with Crippen molar-refractivity contribution in [3.05, 3.63) is 105 Å². The number of benzene rings is 3. The van der Waals surface area contributed by atoms with Crippen LogP contribution >= 0.6 is 0 Å². The number of halogens is 6. The van der Waals surface area contributed by atoms with Crippen LogP contribution < -0.4 is 10.6 Å². The second-order valence-electron chi connectivity index (χ2n) is 10.9. The first-order valence-corrected chi connectivity index (χ1v) is 14.6. The maximum atomic E-state index is 14.0. The third-order valence-electron chi connectivity index (χ3n) is 7.08. The van der Waals surface area contributed by atoms with Gasteiger partial charge in [0.15, 0.2) is 17.5 Å². The number of aliphatic hydroxyl groups is 1. The molecule has 0 aliphatic carbocycles. The first-order chi connectivity index (χ1) is 21.2. The van der Waals surface area contributed by atoms with E-state index in [4.69, 9.17) is 0 Å². The van der Waals surface area contributed by atoms with Gasteiger partial charge in [-0.15, -0.1) is 0 Å². The summed E-state index contributed by atoms with van der Waals surface area (Å²) >= 11 is 0. The molecule has 0 heterocycles. The van der Waals surface area contributed by atoms with E-state index in [1.54, 1.807) is 24.0 Å². The fourth-order valence-electron chi connectivity index (χ4n) is 4.95. The fourth-order valence-corrected chi connectivity index (χ4v) is 4.95. The largest absolute Gasteiger partial charge is 0.416 e. The van der Waals surface area contributed by atoms with Crippen molar-refractivity contribution < 1.29 is 41.0 Å². The second kappa shape index (κ2) is 15.9. The number of hydrogen-bond donors (Lipinski definition) is 3. The number of rotatable bonds is 14. The number of carbonyl (C=O) groups is 2. The number of hydrogen-bond acceptors (Lipinski definition) is 4. The monoisotopic (exact) mass is 637 g/mol. The average Bonchev–Trinajstić information content (AvgIpc) is 2.98. The van der Waals surface area contributed by atoms with Crippen LogP contribution in [0.5, 0.6) is 0 Å². The SMILES string of the molecule is CCCN(CCC)C(=O)c1cc(C)cc(C(=O)N[C@@H](Cc2cc(F)c(F)c(F)c2)[C@H](O)CNCc2cccc(C(F)(F)F)c2)c1. The van der Waals surface area contributed by atoms with Crippen LogP contribution in [0.4, 0.5) is 26.3 Å². The molecular formula is C33H37F6N3O3. The van der Waals surface area contributed by atoms with Gasteiger partial charge in [0, 0.05) is 37.3 Å². The van der Waals surface area contributed by atoms with Gasteiger partial charge in [0.1, 0.15) is 0 Å². The number of alkyl halides is 3. The minimum absolute atomic E-state index is 0.0523. The van der Waals surface area contributed by atoms with Gasteiger partial charge in [-0.2, -0.15) is 13.2 Å². The van der Waals surface area contributed by atoms with Gasteiger partial charge in [0.2, 0.25) is 0 Å². The van der Waals surface area contributed by atoms with Gasteiger partial charge in [0.25, 0.3) is 11.8 Å². The molecule has 0 aliphatic rings. The van der Waals surface area contributed by atoms with Crippen LogP contribution in [0.2, 0.25) is 0 Å². The van der Waals surface area contributed by atoms with Crippen LogP contribution in [0, 0.1) is 24.4 Å². The first kappa shape index (κ1) is 35.6. The molecule has 0 aliphatic heterocycles. The predicted octanol–water partition coefficient (Wildman–Crippen LogP) is 6.19. The zero-order valence-electron chi connectivity index (χ0n) is 25.3. The summed E-state index contributed by atoms with van der Waals surface area (Å²) in [5.74, 6) is -5.49. The van der Waals surface area contributed by atoms with Crippen LogP contribution in [-0.2, 0) is 19.1 Å². The smallest absolute Gasteiger partial charge is 0.390 e. The lowest BCUT2D eigenvalue weighted by atomic mass is 9.99. The Balaban J connectivity index is 1.83. The van der Waals surface area contributed by atoms with Crippen LogP contribution in [0.25, 0.3) is 0 Å². The molecule has 2 atom stereocenters. The first-order valence-electron chi connectivity index (χ1n) is 14.6. The van der Waals surface area contributed by atoms with Crippen molar-refractivity contribution in [2.24, 2.45) is 0 Å². The Morgan fingerprint density at radius 1 is 0.889 bits per heavy atom. The summed E-state index contributed by atoms with van der Waals surface area (Å²) in [5, 5.41) is 16.5. The topological polar surface area (TPSA) is 81.7 Å². The molecule has 0 bridgehead atoms. The number of nitrogens with one attached hydrogen (secondary N) is 2. The fraction of sp³-hybridized carbons (Fsp3) is 0.394. The highest BCUT2D eigenvalue weighted by Crippen LogP contribution is 2.29. The third-order valence-corrected chi connectivity index (χ3v) is 7.08. The van der Waals surface area contributed by atoms with Gasteiger partial charge in [-0.05, 0) is 79.3 Å². The maximum absolute atomic E-state index is 14.0. The summed E-state index contributed by atoms with van der Waals surface area (Å²) in [7, 11) is 0. The molecule has 0 saturated carbocycles. The molecule has 0 radical (unpaired) electrons. The molecule has 45 heavy (non-hydrogen) atoms. The van der Waals surface area contributed by atoms with E-state index in [-0.39, 0.29) is 42.1 Å². The Hall–Kier alpha value is -3.90. The standard InChI is InChI=1S/C33H37F6N3O3/c1-4-9-42(10-5-2)32(45)24-12-20(3)11-23(17-24)31(44)41-28(16-22-14-26(34)30(36)27(35)15-22)29(43)19-40-18-21-7-6-8-25(13-21)33(37,38)39/h6-8,11-15,17,28-29,40,43H,4-5,9-10,16,18-19H2,1-3H3,(H,41,44)/t28-,29+/m0/s1. The molecule has 2 amide bonds. The summed E-state index contributed by atoms with van der Waals surface area (Å²) in [6, 6.07) is 9.57. The van der Waals surface area contributed by atoms with E-state index in [1.165, 1.54) is 18.2 Å². The van der Waals surface area contributed by atoms with Crippen molar-refractivity contribution in [3.8, 4) is 0 Å². The summed E-state index contributed by atoms with van der Waals surface area (Å²) in [4.78, 5) is 28.3. The van der Waals surface area contributed by atoms with Crippen molar-refractivity contribution in [1.82, 2.24) is 15.5 Å². The molecular weight excluding hydrogens is 600 g/mol. The highest BCUT2D eigenvalue weighted by atomic mass is 19.4. The van der Waals surface area contributed by atoms with Crippen molar-refractivity contribution in [3.63, 3.8) is 0 Å². The number of nitrogens with zero attached hydrogens (tertiary/aromatic N) is 1. The lowest BCUT2D eigenvalue weighted by molar-refractivity contribution is -0.137. The van der Waals surface area contributed by atoms with E-state index < -0.39 is 47.2 Å². The van der Waals surface area contributed by atoms with Crippen LogP contribution in [0.1, 0.15) is 69.7 Å². The zero-order chi connectivity index (χ0) is 33.3. The summed E-state index contributed by atoms with van der Waals surface area (Å²) in [6.07, 6.45) is -4.75. The van der Waals surface area contributed by atoms with Gasteiger partial charge in [-0.3, -0.25) is 9.59 Å². The molecule has 12 heteroatoms. The molecule has 3 aromatic rings. The summed E-state index contributed by atoms with van der Waals surface area (Å²) in [6.45, 7) is 6.40. The number of aliphatic hydroxyl groups excluding tert-OH is 1. The van der Waals surface area contributed by atoms with Crippen molar-refractivity contribution in [2.75, 3.05) is 19.6 Å². The van der Waals surface area contributed by atoms with Gasteiger partial charge in [-0.25, -0.2) is 13.2 Å². The Morgan fingerprint density at radius 2 is 1.51 bits per heavy atom. The van der Waals surface area contributed by atoms with Gasteiger partial charge in [0.05, 0.1) is 17.7 Å². The summed E-state index contributed by atoms with van der Waals surface area (Å²) < 4.78 is 80.8. The lowest BCUT2D eigenvalue weighted by Gasteiger charge is -2.25. The molecule has 6 nitrogen and oxygen atoms in total. The predicted molar refractivity (Wildman–Crippen MR) is 158 cm³/mol. The van der Waals surface area contributed by atoms with E-state index in [0.717, 1.165) is 37.1 Å². The molecule has 3 aromatic carbocycles. The number of amides is 2. The average molecular weight is 638 g/mol. The van der Waals surface area contributed by atoms with E-state index in [2.05, 4.69) is 10.6 Å². The molecule has 0 spiro atoms. The molecule has 0 aromatic heterocycles. The van der Waals surface area contributed by atoms with Gasteiger partial charge >= 0.3 is 6.18 Å². The molecule has 3 N–H and O–H groups in total. The lowest BCUT2D eigenvalue weighted by Crippen LogP contribution is -2.48. The normalized spacial score (nSPS) is 12.9. The summed E-state index contributed by atoms with van der Waals surface area (Å²) in [5.41, 5.74) is 0.431. The molecule has 244 valence electrons. The Kier molecular flexibility index (Phi) is 12.6. The minimum Gasteiger partial charge on any atom is -0.390 e. The van der Waals surface area contributed by atoms with E-state index in [1.807, 2.05) is 13.8 Å². The molecule has 0 fully saturated rings. The van der Waals surface area contributed by atoms with Crippen LogP contribution in [0.3, 0.4) is 0 Å². The highest BCUT2D eigenvalue weighted by Gasteiger charge is 2.30.